The van der Waals surface area contributed by atoms with Crippen LogP contribution in [0.1, 0.15) is 25.3 Å². The van der Waals surface area contributed by atoms with Gasteiger partial charge in [0.25, 0.3) is 0 Å². The van der Waals surface area contributed by atoms with Crippen molar-refractivity contribution < 1.29 is 14.7 Å². The van der Waals surface area contributed by atoms with Gasteiger partial charge in [-0.15, -0.1) is 0 Å². The van der Waals surface area contributed by atoms with E-state index in [4.69, 9.17) is 5.11 Å². The highest BCUT2D eigenvalue weighted by molar-refractivity contribution is 5.95. The molecule has 5 heteroatoms. The maximum absolute atomic E-state index is 12.3. The predicted molar refractivity (Wildman–Crippen MR) is 76.6 cm³/mol. The average molecular weight is 276 g/mol. The number of benzene rings is 1. The van der Waals surface area contributed by atoms with Crippen molar-refractivity contribution in [1.82, 2.24) is 5.32 Å². The van der Waals surface area contributed by atoms with Crippen LogP contribution in [0.4, 0.5) is 5.69 Å². The van der Waals surface area contributed by atoms with Crippen LogP contribution in [0.25, 0.3) is 0 Å². The molecule has 0 bridgehead atoms. The molecule has 108 valence electrons. The molecule has 3 N–H and O–H groups in total. The molecule has 0 spiro atoms. The van der Waals surface area contributed by atoms with E-state index in [0.29, 0.717) is 12.2 Å². The van der Waals surface area contributed by atoms with Crippen molar-refractivity contribution in [1.29, 1.82) is 0 Å². The Hall–Kier alpha value is -1.88. The highest BCUT2D eigenvalue weighted by atomic mass is 16.4. The molecule has 2 rings (SSSR count). The van der Waals surface area contributed by atoms with Gasteiger partial charge in [0.15, 0.2) is 0 Å². The maximum Gasteiger partial charge on any atom is 0.307 e. The quantitative estimate of drug-likeness (QED) is 0.781. The number of piperidine rings is 1. The van der Waals surface area contributed by atoms with Crippen LogP contribution in [-0.4, -0.2) is 30.1 Å². The van der Waals surface area contributed by atoms with Crippen molar-refractivity contribution >= 4 is 17.6 Å². The summed E-state index contributed by atoms with van der Waals surface area (Å²) in [6, 6.07) is 6.95. The number of hydrogen-bond donors (Lipinski definition) is 3. The summed E-state index contributed by atoms with van der Waals surface area (Å²) in [7, 11) is 0. The SMILES string of the molecule is CC1(C(=O)Nc2ccc(CC(=O)O)cc2)CCCNC1. The molecule has 1 aromatic carbocycles. The van der Waals surface area contributed by atoms with Gasteiger partial charge < -0.3 is 15.7 Å². The largest absolute Gasteiger partial charge is 0.481 e. The summed E-state index contributed by atoms with van der Waals surface area (Å²) in [6.07, 6.45) is 1.88. The molecule has 1 unspecified atom stereocenters. The van der Waals surface area contributed by atoms with Gasteiger partial charge in [-0.05, 0) is 44.0 Å². The van der Waals surface area contributed by atoms with Crippen molar-refractivity contribution in [2.45, 2.75) is 26.2 Å². The lowest BCUT2D eigenvalue weighted by atomic mass is 9.82. The molecular weight excluding hydrogens is 256 g/mol. The zero-order valence-corrected chi connectivity index (χ0v) is 11.6. The predicted octanol–water partition coefficient (Wildman–Crippen LogP) is 1.64. The number of nitrogens with one attached hydrogen (secondary N) is 2. The summed E-state index contributed by atoms with van der Waals surface area (Å²) >= 11 is 0. The Morgan fingerprint density at radius 1 is 1.35 bits per heavy atom. The molecule has 5 nitrogen and oxygen atoms in total. The first-order chi connectivity index (χ1) is 9.49. The molecule has 0 aromatic heterocycles. The lowest BCUT2D eigenvalue weighted by Crippen LogP contribution is -2.46. The fraction of sp³-hybridized carbons (Fsp3) is 0.467. The Balaban J connectivity index is 1.98. The third-order valence-electron chi connectivity index (χ3n) is 3.71. The van der Waals surface area contributed by atoms with Gasteiger partial charge in [-0.3, -0.25) is 9.59 Å². The number of rotatable bonds is 4. The zero-order valence-electron chi connectivity index (χ0n) is 11.6. The van der Waals surface area contributed by atoms with Gasteiger partial charge in [-0.1, -0.05) is 12.1 Å². The minimum atomic E-state index is -0.859. The Kier molecular flexibility index (Phi) is 4.39. The molecule has 1 aliphatic rings. The average Bonchev–Trinajstić information content (AvgIpc) is 2.41. The second-order valence-corrected chi connectivity index (χ2v) is 5.56. The first kappa shape index (κ1) is 14.5. The summed E-state index contributed by atoms with van der Waals surface area (Å²) in [5.74, 6) is -0.849. The minimum absolute atomic E-state index is 0.00411. The third kappa shape index (κ3) is 3.57. The number of anilines is 1. The fourth-order valence-corrected chi connectivity index (χ4v) is 2.41. The normalized spacial score (nSPS) is 22.2. The van der Waals surface area contributed by atoms with E-state index in [9.17, 15) is 9.59 Å². The lowest BCUT2D eigenvalue weighted by molar-refractivity contribution is -0.136. The van der Waals surface area contributed by atoms with Gasteiger partial charge in [0.2, 0.25) is 5.91 Å². The zero-order chi connectivity index (χ0) is 14.6. The molecule has 1 saturated heterocycles. The van der Waals surface area contributed by atoms with E-state index < -0.39 is 5.97 Å². The molecule has 1 aromatic rings. The van der Waals surface area contributed by atoms with Crippen LogP contribution in [0, 0.1) is 5.41 Å². The van der Waals surface area contributed by atoms with E-state index in [1.807, 2.05) is 6.92 Å². The summed E-state index contributed by atoms with van der Waals surface area (Å²) in [4.78, 5) is 22.9. The molecule has 1 atom stereocenters. The third-order valence-corrected chi connectivity index (χ3v) is 3.71. The molecule has 1 heterocycles. The topological polar surface area (TPSA) is 78.4 Å². The monoisotopic (exact) mass is 276 g/mol. The van der Waals surface area contributed by atoms with E-state index in [0.717, 1.165) is 24.9 Å². The van der Waals surface area contributed by atoms with Crippen molar-refractivity contribution in [2.24, 2.45) is 5.41 Å². The van der Waals surface area contributed by atoms with Crippen LogP contribution in [0.3, 0.4) is 0 Å². The summed E-state index contributed by atoms with van der Waals surface area (Å²) in [5.41, 5.74) is 1.05. The van der Waals surface area contributed by atoms with Crippen LogP contribution < -0.4 is 10.6 Å². The maximum atomic E-state index is 12.3. The fourth-order valence-electron chi connectivity index (χ4n) is 2.41. The van der Waals surface area contributed by atoms with Crippen LogP contribution in [0.15, 0.2) is 24.3 Å². The molecular formula is C15H20N2O3. The number of carboxylic acids is 1. The first-order valence-electron chi connectivity index (χ1n) is 6.82. The van der Waals surface area contributed by atoms with Gasteiger partial charge in [0, 0.05) is 12.2 Å². The summed E-state index contributed by atoms with van der Waals surface area (Å²) in [6.45, 7) is 3.62. The number of carbonyl (C=O) groups excluding carboxylic acids is 1. The van der Waals surface area contributed by atoms with Crippen LogP contribution in [-0.2, 0) is 16.0 Å². The minimum Gasteiger partial charge on any atom is -0.481 e. The van der Waals surface area contributed by atoms with Crippen LogP contribution in [0.2, 0.25) is 0 Å². The second kappa shape index (κ2) is 6.05. The molecule has 1 aliphatic heterocycles. The smallest absolute Gasteiger partial charge is 0.307 e. The van der Waals surface area contributed by atoms with Crippen LogP contribution in [0.5, 0.6) is 0 Å². The molecule has 20 heavy (non-hydrogen) atoms. The Morgan fingerprint density at radius 3 is 2.60 bits per heavy atom. The highest BCUT2D eigenvalue weighted by Gasteiger charge is 2.34. The van der Waals surface area contributed by atoms with E-state index in [1.165, 1.54) is 0 Å². The first-order valence-corrected chi connectivity index (χ1v) is 6.82. The molecule has 1 fully saturated rings. The highest BCUT2D eigenvalue weighted by Crippen LogP contribution is 2.27. The number of aliphatic carboxylic acids is 1. The van der Waals surface area contributed by atoms with Gasteiger partial charge in [-0.25, -0.2) is 0 Å². The Bertz CT molecular complexity index is 490. The number of carboxylic acid groups (broad SMARTS) is 1. The van der Waals surface area contributed by atoms with Crippen molar-refractivity contribution in [2.75, 3.05) is 18.4 Å². The molecule has 0 aliphatic carbocycles. The van der Waals surface area contributed by atoms with E-state index in [1.54, 1.807) is 24.3 Å². The van der Waals surface area contributed by atoms with E-state index in [2.05, 4.69) is 10.6 Å². The van der Waals surface area contributed by atoms with Crippen molar-refractivity contribution in [3.05, 3.63) is 29.8 Å². The lowest BCUT2D eigenvalue weighted by Gasteiger charge is -2.32. The molecule has 0 radical (unpaired) electrons. The second-order valence-electron chi connectivity index (χ2n) is 5.56. The van der Waals surface area contributed by atoms with Crippen LogP contribution >= 0.6 is 0 Å². The summed E-state index contributed by atoms with van der Waals surface area (Å²) in [5, 5.41) is 14.9. The van der Waals surface area contributed by atoms with Gasteiger partial charge >= 0.3 is 5.97 Å². The molecule has 1 amide bonds. The standard InChI is InChI=1S/C15H20N2O3/c1-15(7-2-8-16-10-15)14(20)17-12-5-3-11(4-6-12)9-13(18)19/h3-6,16H,2,7-10H2,1H3,(H,17,20)(H,18,19). The van der Waals surface area contributed by atoms with Gasteiger partial charge in [0.05, 0.1) is 11.8 Å². The number of hydrogen-bond acceptors (Lipinski definition) is 3. The molecule has 0 saturated carbocycles. The van der Waals surface area contributed by atoms with Gasteiger partial charge in [0.1, 0.15) is 0 Å². The number of carbonyl (C=O) groups is 2. The Labute approximate surface area is 118 Å². The van der Waals surface area contributed by atoms with E-state index in [-0.39, 0.29) is 17.7 Å². The van der Waals surface area contributed by atoms with E-state index >= 15 is 0 Å². The summed E-state index contributed by atoms with van der Waals surface area (Å²) < 4.78 is 0. The van der Waals surface area contributed by atoms with Gasteiger partial charge in [-0.2, -0.15) is 0 Å². The Morgan fingerprint density at radius 2 is 2.05 bits per heavy atom. The number of amides is 1. The van der Waals surface area contributed by atoms with Crippen molar-refractivity contribution in [3.63, 3.8) is 0 Å². The van der Waals surface area contributed by atoms with Crippen molar-refractivity contribution in [3.8, 4) is 0 Å².